The maximum absolute atomic E-state index is 12.0. The van der Waals surface area contributed by atoms with Crippen molar-refractivity contribution in [3.05, 3.63) is 11.6 Å². The van der Waals surface area contributed by atoms with Gasteiger partial charge in [-0.3, -0.25) is 4.79 Å². The fraction of sp³-hybridized carbons (Fsp3) is 0.769. The summed E-state index contributed by atoms with van der Waals surface area (Å²) < 4.78 is 5.08. The molecule has 0 aromatic heterocycles. The molecular weight excluding hydrogens is 216 g/mol. The van der Waals surface area contributed by atoms with E-state index in [-0.39, 0.29) is 11.9 Å². The number of nitrogens with zero attached hydrogens (tertiary/aromatic N) is 1. The highest BCUT2D eigenvalue weighted by atomic mass is 16.5. The van der Waals surface area contributed by atoms with Gasteiger partial charge in [-0.15, -0.1) is 0 Å². The van der Waals surface area contributed by atoms with Gasteiger partial charge in [-0.25, -0.2) is 0 Å². The van der Waals surface area contributed by atoms with Gasteiger partial charge in [0.2, 0.25) is 5.91 Å². The predicted molar refractivity (Wildman–Crippen MR) is 68.6 cm³/mol. The summed E-state index contributed by atoms with van der Waals surface area (Å²) in [5, 5.41) is 0. The Morgan fingerprint density at radius 3 is 2.76 bits per heavy atom. The third-order valence-electron chi connectivity index (χ3n) is 2.99. The summed E-state index contributed by atoms with van der Waals surface area (Å²) in [6.45, 7) is 6.27. The van der Waals surface area contributed by atoms with Gasteiger partial charge in [0.25, 0.3) is 0 Å². The molecule has 4 heteroatoms. The molecule has 0 aromatic carbocycles. The summed E-state index contributed by atoms with van der Waals surface area (Å²) in [7, 11) is 1.69. The maximum atomic E-state index is 12.0. The van der Waals surface area contributed by atoms with Crippen molar-refractivity contribution in [2.45, 2.75) is 32.7 Å². The van der Waals surface area contributed by atoms with E-state index in [9.17, 15) is 4.79 Å². The number of ether oxygens (including phenoxy) is 1. The number of carbonyl (C=O) groups is 1. The molecule has 1 amide bonds. The second-order valence-corrected chi connectivity index (χ2v) is 5.07. The largest absolute Gasteiger partial charge is 0.380 e. The Morgan fingerprint density at radius 1 is 1.59 bits per heavy atom. The zero-order chi connectivity index (χ0) is 12.8. The Morgan fingerprint density at radius 2 is 2.29 bits per heavy atom. The minimum Gasteiger partial charge on any atom is -0.380 e. The molecule has 1 heterocycles. The number of rotatable bonds is 5. The molecule has 1 atom stereocenters. The highest BCUT2D eigenvalue weighted by molar-refractivity contribution is 5.82. The molecule has 1 rings (SSSR count). The maximum Gasteiger partial charge on any atom is 0.239 e. The van der Waals surface area contributed by atoms with Gasteiger partial charge in [-0.05, 0) is 24.3 Å². The SMILES string of the molecule is COCC1=CCN(C(=O)[C@@H](N)CC(C)C)CC1. The van der Waals surface area contributed by atoms with Gasteiger partial charge < -0.3 is 15.4 Å². The summed E-state index contributed by atoms with van der Waals surface area (Å²) in [5.74, 6) is 0.532. The molecule has 0 saturated heterocycles. The van der Waals surface area contributed by atoms with E-state index >= 15 is 0 Å². The van der Waals surface area contributed by atoms with Crippen LogP contribution in [-0.4, -0.2) is 43.7 Å². The van der Waals surface area contributed by atoms with Crippen molar-refractivity contribution in [2.24, 2.45) is 11.7 Å². The highest BCUT2D eigenvalue weighted by Crippen LogP contribution is 2.13. The molecule has 4 nitrogen and oxygen atoms in total. The molecule has 0 fully saturated rings. The van der Waals surface area contributed by atoms with Crippen molar-refractivity contribution in [1.82, 2.24) is 4.90 Å². The summed E-state index contributed by atoms with van der Waals surface area (Å²) >= 11 is 0. The minimum atomic E-state index is -0.354. The van der Waals surface area contributed by atoms with Crippen LogP contribution in [0.1, 0.15) is 26.7 Å². The fourth-order valence-corrected chi connectivity index (χ4v) is 2.07. The zero-order valence-electron chi connectivity index (χ0n) is 11.1. The van der Waals surface area contributed by atoms with Gasteiger partial charge in [0.1, 0.15) is 0 Å². The van der Waals surface area contributed by atoms with E-state index in [1.54, 1.807) is 7.11 Å². The van der Waals surface area contributed by atoms with Crippen LogP contribution in [0, 0.1) is 5.92 Å². The van der Waals surface area contributed by atoms with Gasteiger partial charge in [0.15, 0.2) is 0 Å². The number of nitrogens with two attached hydrogens (primary N) is 1. The Labute approximate surface area is 104 Å². The van der Waals surface area contributed by atoms with Gasteiger partial charge in [-0.2, -0.15) is 0 Å². The molecular formula is C13H24N2O2. The highest BCUT2D eigenvalue weighted by Gasteiger charge is 2.23. The summed E-state index contributed by atoms with van der Waals surface area (Å²) in [6, 6.07) is -0.354. The Hall–Kier alpha value is -0.870. The summed E-state index contributed by atoms with van der Waals surface area (Å²) in [4.78, 5) is 13.9. The smallest absolute Gasteiger partial charge is 0.239 e. The lowest BCUT2D eigenvalue weighted by atomic mass is 10.0. The average molecular weight is 240 g/mol. The van der Waals surface area contributed by atoms with Crippen LogP contribution in [0.2, 0.25) is 0 Å². The van der Waals surface area contributed by atoms with Gasteiger partial charge in [0, 0.05) is 20.2 Å². The van der Waals surface area contributed by atoms with Gasteiger partial charge >= 0.3 is 0 Å². The average Bonchev–Trinajstić information content (AvgIpc) is 2.28. The first kappa shape index (κ1) is 14.2. The van der Waals surface area contributed by atoms with Crippen LogP contribution in [0.3, 0.4) is 0 Å². The number of hydrogen-bond donors (Lipinski definition) is 1. The molecule has 1 aliphatic heterocycles. The quantitative estimate of drug-likeness (QED) is 0.734. The summed E-state index contributed by atoms with van der Waals surface area (Å²) in [6.07, 6.45) is 3.73. The minimum absolute atomic E-state index is 0.0754. The lowest BCUT2D eigenvalue weighted by molar-refractivity contribution is -0.132. The normalized spacial score (nSPS) is 18.2. The molecule has 17 heavy (non-hydrogen) atoms. The Balaban J connectivity index is 2.45. The van der Waals surface area contributed by atoms with E-state index < -0.39 is 0 Å². The Kier molecular flexibility index (Phi) is 5.65. The second-order valence-electron chi connectivity index (χ2n) is 5.07. The van der Waals surface area contributed by atoms with E-state index in [4.69, 9.17) is 10.5 Å². The van der Waals surface area contributed by atoms with Crippen LogP contribution in [0.25, 0.3) is 0 Å². The van der Waals surface area contributed by atoms with Crippen LogP contribution < -0.4 is 5.73 Å². The van der Waals surface area contributed by atoms with Crippen LogP contribution in [0.15, 0.2) is 11.6 Å². The number of carbonyl (C=O) groups excluding carboxylic acids is 1. The first-order valence-corrected chi connectivity index (χ1v) is 6.25. The molecule has 0 spiro atoms. The predicted octanol–water partition coefficient (Wildman–Crippen LogP) is 1.16. The molecule has 0 unspecified atom stereocenters. The lowest BCUT2D eigenvalue weighted by Gasteiger charge is -2.29. The Bertz CT molecular complexity index is 287. The zero-order valence-corrected chi connectivity index (χ0v) is 11.1. The monoisotopic (exact) mass is 240 g/mol. The lowest BCUT2D eigenvalue weighted by Crippen LogP contribution is -2.46. The van der Waals surface area contributed by atoms with Gasteiger partial charge in [-0.1, -0.05) is 19.9 Å². The van der Waals surface area contributed by atoms with Crippen molar-refractivity contribution >= 4 is 5.91 Å². The van der Waals surface area contributed by atoms with Crippen LogP contribution in [-0.2, 0) is 9.53 Å². The van der Waals surface area contributed by atoms with Crippen molar-refractivity contribution in [3.63, 3.8) is 0 Å². The first-order chi connectivity index (χ1) is 8.04. The molecule has 98 valence electrons. The van der Waals surface area contributed by atoms with E-state index in [2.05, 4.69) is 19.9 Å². The number of hydrogen-bond acceptors (Lipinski definition) is 3. The fourth-order valence-electron chi connectivity index (χ4n) is 2.07. The van der Waals surface area contributed by atoms with E-state index in [1.165, 1.54) is 5.57 Å². The molecule has 1 aliphatic rings. The molecule has 2 N–H and O–H groups in total. The van der Waals surface area contributed by atoms with Crippen molar-refractivity contribution in [1.29, 1.82) is 0 Å². The standard InChI is InChI=1S/C13H24N2O2/c1-10(2)8-12(14)13(16)15-6-4-11(5-7-15)9-17-3/h4,10,12H,5-9,14H2,1-3H3/t12-/m0/s1. The van der Waals surface area contributed by atoms with Gasteiger partial charge in [0.05, 0.1) is 12.6 Å². The molecule has 0 bridgehead atoms. The van der Waals surface area contributed by atoms with E-state index in [0.717, 1.165) is 19.4 Å². The second kappa shape index (κ2) is 6.77. The van der Waals surface area contributed by atoms with E-state index in [0.29, 0.717) is 19.1 Å². The van der Waals surface area contributed by atoms with Crippen molar-refractivity contribution in [3.8, 4) is 0 Å². The third kappa shape index (κ3) is 4.48. The number of methoxy groups -OCH3 is 1. The van der Waals surface area contributed by atoms with Crippen LogP contribution in [0.4, 0.5) is 0 Å². The van der Waals surface area contributed by atoms with Crippen molar-refractivity contribution in [2.75, 3.05) is 26.8 Å². The summed E-state index contributed by atoms with van der Waals surface area (Å²) in [5.41, 5.74) is 7.18. The number of amides is 1. The topological polar surface area (TPSA) is 55.6 Å². The molecule has 0 aliphatic carbocycles. The van der Waals surface area contributed by atoms with Crippen LogP contribution >= 0.6 is 0 Å². The first-order valence-electron chi connectivity index (χ1n) is 6.25. The molecule has 0 saturated carbocycles. The molecule has 0 radical (unpaired) electrons. The van der Waals surface area contributed by atoms with E-state index in [1.807, 2.05) is 4.90 Å². The van der Waals surface area contributed by atoms with Crippen LogP contribution in [0.5, 0.6) is 0 Å². The van der Waals surface area contributed by atoms with Crippen molar-refractivity contribution < 1.29 is 9.53 Å². The third-order valence-corrected chi connectivity index (χ3v) is 2.99. The molecule has 0 aromatic rings.